The summed E-state index contributed by atoms with van der Waals surface area (Å²) in [5.74, 6) is 0.219. The number of aliphatic hydroxyl groups is 1. The molecule has 2 aromatic rings. The van der Waals surface area contributed by atoms with Gasteiger partial charge in [-0.1, -0.05) is 31.0 Å². The van der Waals surface area contributed by atoms with Crippen molar-refractivity contribution in [3.63, 3.8) is 0 Å². The van der Waals surface area contributed by atoms with E-state index in [1.54, 1.807) is 0 Å². The Labute approximate surface area is 171 Å². The fraction of sp³-hybridized carbons (Fsp3) is 0.458. The van der Waals surface area contributed by atoms with Crippen molar-refractivity contribution in [2.24, 2.45) is 5.92 Å². The molecule has 0 spiro atoms. The van der Waals surface area contributed by atoms with E-state index < -0.39 is 5.60 Å². The molecule has 5 heteroatoms. The average Bonchev–Trinajstić information content (AvgIpc) is 2.73. The normalized spacial score (nSPS) is 26.7. The number of piperidine rings is 1. The van der Waals surface area contributed by atoms with Crippen LogP contribution in [-0.2, 0) is 0 Å². The Hall–Kier alpha value is -2.40. The number of amides is 1. The molecule has 2 aromatic carbocycles. The molecule has 1 aliphatic heterocycles. The lowest BCUT2D eigenvalue weighted by atomic mass is 9.66. The van der Waals surface area contributed by atoms with Crippen LogP contribution in [0, 0.1) is 11.7 Å². The second kappa shape index (κ2) is 8.15. The van der Waals surface area contributed by atoms with Gasteiger partial charge in [0.05, 0.1) is 18.2 Å². The molecule has 1 N–H and O–H groups in total. The highest BCUT2D eigenvalue weighted by atomic mass is 19.1. The minimum atomic E-state index is -0.762. The fourth-order valence-corrected chi connectivity index (χ4v) is 5.06. The molecular formula is C24H28FNO3. The SMILES string of the molecule is CCOc1ccccc1[C@H]1[C@H]2CCCC[C@]2(O)CCN1C(=O)c1ccc(F)cc1. The van der Waals surface area contributed by atoms with Crippen molar-refractivity contribution < 1.29 is 19.0 Å². The van der Waals surface area contributed by atoms with E-state index in [9.17, 15) is 14.3 Å². The first-order valence-corrected chi connectivity index (χ1v) is 10.5. The number of fused-ring (bicyclic) bond motifs is 1. The molecule has 1 amide bonds. The summed E-state index contributed by atoms with van der Waals surface area (Å²) in [6.45, 7) is 2.94. The van der Waals surface area contributed by atoms with Gasteiger partial charge in [-0.3, -0.25) is 4.79 Å². The minimum absolute atomic E-state index is 0.0454. The molecule has 1 saturated carbocycles. The molecular weight excluding hydrogens is 369 g/mol. The molecule has 0 radical (unpaired) electrons. The Morgan fingerprint density at radius 1 is 1.17 bits per heavy atom. The van der Waals surface area contributed by atoms with Gasteiger partial charge in [-0.25, -0.2) is 4.39 Å². The number of carbonyl (C=O) groups excluding carboxylic acids is 1. The summed E-state index contributed by atoms with van der Waals surface area (Å²) in [6.07, 6.45) is 4.26. The van der Waals surface area contributed by atoms with E-state index in [-0.39, 0.29) is 23.7 Å². The number of likely N-dealkylation sites (tertiary alicyclic amines) is 1. The Kier molecular flexibility index (Phi) is 5.59. The maximum atomic E-state index is 13.4. The monoisotopic (exact) mass is 397 g/mol. The van der Waals surface area contributed by atoms with Gasteiger partial charge in [-0.05, 0) is 56.5 Å². The van der Waals surface area contributed by atoms with Crippen LogP contribution in [0.15, 0.2) is 48.5 Å². The van der Waals surface area contributed by atoms with Gasteiger partial charge < -0.3 is 14.7 Å². The van der Waals surface area contributed by atoms with Crippen molar-refractivity contribution in [2.45, 2.75) is 50.7 Å². The zero-order chi connectivity index (χ0) is 20.4. The van der Waals surface area contributed by atoms with E-state index in [0.29, 0.717) is 25.1 Å². The first-order chi connectivity index (χ1) is 14.0. The number of ether oxygens (including phenoxy) is 1. The number of nitrogens with zero attached hydrogens (tertiary/aromatic N) is 1. The van der Waals surface area contributed by atoms with Crippen LogP contribution in [0.3, 0.4) is 0 Å². The van der Waals surface area contributed by atoms with Crippen molar-refractivity contribution in [1.82, 2.24) is 4.90 Å². The highest BCUT2D eigenvalue weighted by Gasteiger charge is 2.50. The van der Waals surface area contributed by atoms with Crippen LogP contribution in [0.5, 0.6) is 5.75 Å². The van der Waals surface area contributed by atoms with Crippen LogP contribution in [0.2, 0.25) is 0 Å². The van der Waals surface area contributed by atoms with E-state index in [4.69, 9.17) is 4.74 Å². The average molecular weight is 397 g/mol. The van der Waals surface area contributed by atoms with E-state index in [2.05, 4.69) is 0 Å². The number of hydrogen-bond acceptors (Lipinski definition) is 3. The van der Waals surface area contributed by atoms with Gasteiger partial charge in [-0.2, -0.15) is 0 Å². The van der Waals surface area contributed by atoms with Crippen molar-refractivity contribution in [3.05, 3.63) is 65.5 Å². The number of hydrogen-bond donors (Lipinski definition) is 1. The quantitative estimate of drug-likeness (QED) is 0.811. The molecule has 2 fully saturated rings. The predicted molar refractivity (Wildman–Crippen MR) is 109 cm³/mol. The van der Waals surface area contributed by atoms with Gasteiger partial charge in [0, 0.05) is 23.6 Å². The van der Waals surface area contributed by atoms with Crippen LogP contribution in [-0.4, -0.2) is 34.7 Å². The van der Waals surface area contributed by atoms with Crippen LogP contribution in [0.4, 0.5) is 4.39 Å². The molecule has 29 heavy (non-hydrogen) atoms. The Morgan fingerprint density at radius 2 is 1.93 bits per heavy atom. The van der Waals surface area contributed by atoms with Crippen molar-refractivity contribution >= 4 is 5.91 Å². The second-order valence-corrected chi connectivity index (χ2v) is 8.13. The van der Waals surface area contributed by atoms with Crippen LogP contribution in [0.25, 0.3) is 0 Å². The highest BCUT2D eigenvalue weighted by molar-refractivity contribution is 5.94. The number of halogens is 1. The van der Waals surface area contributed by atoms with Gasteiger partial charge in [0.25, 0.3) is 5.91 Å². The summed E-state index contributed by atoms with van der Waals surface area (Å²) in [5.41, 5.74) is 0.642. The summed E-state index contributed by atoms with van der Waals surface area (Å²) >= 11 is 0. The standard InChI is InChI=1S/C24H28FNO3/c1-2-29-21-9-4-3-7-19(21)22-20-8-5-6-14-24(20,28)15-16-26(22)23(27)17-10-12-18(25)13-11-17/h3-4,7,9-13,20,22,28H,2,5-6,8,14-16H2,1H3/t20-,22+,24+/m1/s1. The molecule has 3 atom stereocenters. The first-order valence-electron chi connectivity index (χ1n) is 10.5. The Balaban J connectivity index is 1.77. The molecule has 1 saturated heterocycles. The Bertz CT molecular complexity index is 869. The van der Waals surface area contributed by atoms with Gasteiger partial charge in [0.1, 0.15) is 11.6 Å². The third kappa shape index (κ3) is 3.76. The number of rotatable bonds is 4. The van der Waals surface area contributed by atoms with E-state index in [1.807, 2.05) is 36.1 Å². The van der Waals surface area contributed by atoms with Crippen molar-refractivity contribution in [2.75, 3.05) is 13.2 Å². The maximum absolute atomic E-state index is 13.4. The second-order valence-electron chi connectivity index (χ2n) is 8.13. The molecule has 2 aliphatic rings. The third-order valence-corrected chi connectivity index (χ3v) is 6.46. The topological polar surface area (TPSA) is 49.8 Å². The van der Waals surface area contributed by atoms with E-state index in [0.717, 1.165) is 37.0 Å². The van der Waals surface area contributed by atoms with Crippen molar-refractivity contribution in [3.8, 4) is 5.75 Å². The van der Waals surface area contributed by atoms with Crippen molar-refractivity contribution in [1.29, 1.82) is 0 Å². The number of para-hydroxylation sites is 1. The zero-order valence-corrected chi connectivity index (χ0v) is 16.8. The molecule has 0 aromatic heterocycles. The number of carbonyl (C=O) groups is 1. The van der Waals surface area contributed by atoms with Crippen LogP contribution >= 0.6 is 0 Å². The summed E-state index contributed by atoms with van der Waals surface area (Å²) in [4.78, 5) is 15.3. The molecule has 0 unspecified atom stereocenters. The molecule has 1 aliphatic carbocycles. The fourth-order valence-electron chi connectivity index (χ4n) is 5.06. The van der Waals surface area contributed by atoms with Gasteiger partial charge in [0.15, 0.2) is 0 Å². The van der Waals surface area contributed by atoms with Crippen LogP contribution < -0.4 is 4.74 Å². The van der Waals surface area contributed by atoms with Gasteiger partial charge in [-0.15, -0.1) is 0 Å². The van der Waals surface area contributed by atoms with Gasteiger partial charge >= 0.3 is 0 Å². The number of benzene rings is 2. The molecule has 4 rings (SSSR count). The zero-order valence-electron chi connectivity index (χ0n) is 16.8. The smallest absolute Gasteiger partial charge is 0.254 e. The summed E-state index contributed by atoms with van der Waals surface area (Å²) in [6, 6.07) is 13.2. The molecule has 154 valence electrons. The molecule has 1 heterocycles. The lowest BCUT2D eigenvalue weighted by molar-refractivity contribution is -0.115. The Morgan fingerprint density at radius 3 is 2.69 bits per heavy atom. The highest BCUT2D eigenvalue weighted by Crippen LogP contribution is 2.51. The summed E-state index contributed by atoms with van der Waals surface area (Å²) in [5, 5.41) is 11.4. The summed E-state index contributed by atoms with van der Waals surface area (Å²) in [7, 11) is 0. The minimum Gasteiger partial charge on any atom is -0.494 e. The lowest BCUT2D eigenvalue weighted by Crippen LogP contribution is -2.56. The maximum Gasteiger partial charge on any atom is 0.254 e. The first kappa shape index (κ1) is 19.9. The van der Waals surface area contributed by atoms with E-state index >= 15 is 0 Å². The third-order valence-electron chi connectivity index (χ3n) is 6.46. The summed E-state index contributed by atoms with van der Waals surface area (Å²) < 4.78 is 19.3. The lowest BCUT2D eigenvalue weighted by Gasteiger charge is -2.52. The predicted octanol–water partition coefficient (Wildman–Crippen LogP) is 4.73. The van der Waals surface area contributed by atoms with Gasteiger partial charge in [0.2, 0.25) is 0 Å². The molecule has 4 nitrogen and oxygen atoms in total. The van der Waals surface area contributed by atoms with Crippen LogP contribution in [0.1, 0.15) is 61.0 Å². The largest absolute Gasteiger partial charge is 0.494 e. The van der Waals surface area contributed by atoms with E-state index in [1.165, 1.54) is 24.3 Å². The molecule has 0 bridgehead atoms.